The molecule has 0 bridgehead atoms. The summed E-state index contributed by atoms with van der Waals surface area (Å²) in [5, 5.41) is 0. The smallest absolute Gasteiger partial charge is 0.409 e. The topological polar surface area (TPSA) is 71.7 Å². The molecule has 2 rings (SSSR count). The van der Waals surface area contributed by atoms with E-state index in [1.54, 1.807) is 17.3 Å². The number of rotatable bonds is 1. The molecule has 1 fully saturated rings. The van der Waals surface area contributed by atoms with Gasteiger partial charge < -0.3 is 20.3 Å². The average molecular weight is 236 g/mol. The molecule has 0 aromatic carbocycles. The Bertz CT molecular complexity index is 402. The Morgan fingerprint density at radius 2 is 2.12 bits per heavy atom. The number of pyridine rings is 1. The zero-order valence-electron chi connectivity index (χ0n) is 9.80. The second-order valence-electron chi connectivity index (χ2n) is 3.88. The van der Waals surface area contributed by atoms with E-state index < -0.39 is 0 Å². The van der Waals surface area contributed by atoms with Crippen molar-refractivity contribution in [1.29, 1.82) is 0 Å². The summed E-state index contributed by atoms with van der Waals surface area (Å²) in [6, 6.07) is 1.89. The number of hydrogen-bond donors (Lipinski definition) is 1. The van der Waals surface area contributed by atoms with Crippen LogP contribution in [0.25, 0.3) is 0 Å². The lowest BCUT2D eigenvalue weighted by Crippen LogP contribution is -2.48. The summed E-state index contributed by atoms with van der Waals surface area (Å²) in [6.07, 6.45) is 3.09. The van der Waals surface area contributed by atoms with Gasteiger partial charge in [-0.2, -0.15) is 0 Å². The van der Waals surface area contributed by atoms with Gasteiger partial charge in [0.1, 0.15) is 0 Å². The van der Waals surface area contributed by atoms with Crippen molar-refractivity contribution < 1.29 is 9.53 Å². The Morgan fingerprint density at radius 1 is 1.41 bits per heavy atom. The van der Waals surface area contributed by atoms with Gasteiger partial charge in [0.25, 0.3) is 0 Å². The maximum absolute atomic E-state index is 11.3. The molecular formula is C11H16N4O2. The minimum absolute atomic E-state index is 0.271. The van der Waals surface area contributed by atoms with Crippen molar-refractivity contribution in [2.45, 2.75) is 0 Å². The van der Waals surface area contributed by atoms with Crippen molar-refractivity contribution in [3.05, 3.63) is 18.5 Å². The Balaban J connectivity index is 2.00. The molecule has 0 unspecified atom stereocenters. The SMILES string of the molecule is COC(=O)N1CCN(c2ccncc2N)CC1. The first-order valence-electron chi connectivity index (χ1n) is 5.49. The number of piperazine rings is 1. The molecule has 0 aliphatic carbocycles. The van der Waals surface area contributed by atoms with Crippen LogP contribution < -0.4 is 10.6 Å². The van der Waals surface area contributed by atoms with Crippen molar-refractivity contribution in [3.8, 4) is 0 Å². The first-order chi connectivity index (χ1) is 8.22. The zero-order valence-corrected chi connectivity index (χ0v) is 9.80. The number of hydrogen-bond acceptors (Lipinski definition) is 5. The van der Waals surface area contributed by atoms with Gasteiger partial charge in [-0.15, -0.1) is 0 Å². The maximum Gasteiger partial charge on any atom is 0.409 e. The predicted molar refractivity (Wildman–Crippen MR) is 64.8 cm³/mol. The van der Waals surface area contributed by atoms with E-state index in [-0.39, 0.29) is 6.09 Å². The number of nitrogen functional groups attached to an aromatic ring is 1. The molecule has 1 aromatic heterocycles. The molecule has 0 radical (unpaired) electrons. The second-order valence-corrected chi connectivity index (χ2v) is 3.88. The van der Waals surface area contributed by atoms with Crippen LogP contribution in [0.1, 0.15) is 0 Å². The zero-order chi connectivity index (χ0) is 12.3. The molecule has 1 aromatic rings. The highest BCUT2D eigenvalue weighted by molar-refractivity contribution is 5.69. The highest BCUT2D eigenvalue weighted by atomic mass is 16.5. The fourth-order valence-electron chi connectivity index (χ4n) is 1.95. The molecule has 92 valence electrons. The van der Waals surface area contributed by atoms with Crippen LogP contribution in [0.4, 0.5) is 16.2 Å². The van der Waals surface area contributed by atoms with Gasteiger partial charge in [-0.3, -0.25) is 4.98 Å². The van der Waals surface area contributed by atoms with E-state index in [1.165, 1.54) is 7.11 Å². The van der Waals surface area contributed by atoms with Crippen molar-refractivity contribution in [1.82, 2.24) is 9.88 Å². The van der Waals surface area contributed by atoms with Crippen molar-refractivity contribution in [2.75, 3.05) is 43.9 Å². The first kappa shape index (κ1) is 11.5. The molecule has 0 atom stereocenters. The van der Waals surface area contributed by atoms with Gasteiger partial charge in [0.15, 0.2) is 0 Å². The third kappa shape index (κ3) is 2.41. The summed E-state index contributed by atoms with van der Waals surface area (Å²) in [4.78, 5) is 19.1. The Kier molecular flexibility index (Phi) is 3.32. The molecule has 0 spiro atoms. The number of ether oxygens (including phenoxy) is 1. The highest BCUT2D eigenvalue weighted by Crippen LogP contribution is 2.22. The summed E-state index contributed by atoms with van der Waals surface area (Å²) < 4.78 is 4.69. The molecule has 1 saturated heterocycles. The van der Waals surface area contributed by atoms with Gasteiger partial charge in [-0.05, 0) is 6.07 Å². The third-order valence-corrected chi connectivity index (χ3v) is 2.88. The maximum atomic E-state index is 11.3. The molecule has 6 heteroatoms. The molecule has 0 saturated carbocycles. The normalized spacial score (nSPS) is 15.8. The lowest BCUT2D eigenvalue weighted by Gasteiger charge is -2.35. The van der Waals surface area contributed by atoms with Crippen LogP contribution in [0.15, 0.2) is 18.5 Å². The van der Waals surface area contributed by atoms with Gasteiger partial charge in [0.2, 0.25) is 0 Å². The van der Waals surface area contributed by atoms with E-state index in [0.717, 1.165) is 18.8 Å². The summed E-state index contributed by atoms with van der Waals surface area (Å²) >= 11 is 0. The Morgan fingerprint density at radius 3 is 2.71 bits per heavy atom. The number of nitrogens with zero attached hydrogens (tertiary/aromatic N) is 3. The van der Waals surface area contributed by atoms with Crippen molar-refractivity contribution in [2.24, 2.45) is 0 Å². The first-order valence-corrected chi connectivity index (χ1v) is 5.49. The fourth-order valence-corrected chi connectivity index (χ4v) is 1.95. The van der Waals surface area contributed by atoms with Gasteiger partial charge in [-0.25, -0.2) is 4.79 Å². The largest absolute Gasteiger partial charge is 0.453 e. The van der Waals surface area contributed by atoms with Crippen LogP contribution in [-0.4, -0.2) is 49.3 Å². The number of methoxy groups -OCH3 is 1. The number of carbonyl (C=O) groups is 1. The van der Waals surface area contributed by atoms with Gasteiger partial charge in [0, 0.05) is 32.4 Å². The molecule has 6 nitrogen and oxygen atoms in total. The molecule has 1 aliphatic rings. The summed E-state index contributed by atoms with van der Waals surface area (Å²) in [5.74, 6) is 0. The quantitative estimate of drug-likeness (QED) is 0.771. The van der Waals surface area contributed by atoms with Crippen LogP contribution in [0.2, 0.25) is 0 Å². The van der Waals surface area contributed by atoms with Gasteiger partial charge in [-0.1, -0.05) is 0 Å². The average Bonchev–Trinajstić information content (AvgIpc) is 2.39. The number of anilines is 2. The monoisotopic (exact) mass is 236 g/mol. The van der Waals surface area contributed by atoms with Crippen LogP contribution >= 0.6 is 0 Å². The number of nitrogens with two attached hydrogens (primary N) is 1. The number of aromatic nitrogens is 1. The van der Waals surface area contributed by atoms with Crippen LogP contribution in [0.3, 0.4) is 0 Å². The highest BCUT2D eigenvalue weighted by Gasteiger charge is 2.22. The molecule has 1 amide bonds. The molecule has 17 heavy (non-hydrogen) atoms. The molecule has 2 heterocycles. The van der Waals surface area contributed by atoms with E-state index in [9.17, 15) is 4.79 Å². The summed E-state index contributed by atoms with van der Waals surface area (Å²) in [7, 11) is 1.40. The van der Waals surface area contributed by atoms with Crippen LogP contribution in [-0.2, 0) is 4.74 Å². The fraction of sp³-hybridized carbons (Fsp3) is 0.455. The van der Waals surface area contributed by atoms with Crippen molar-refractivity contribution >= 4 is 17.5 Å². The lowest BCUT2D eigenvalue weighted by molar-refractivity contribution is 0.121. The summed E-state index contributed by atoms with van der Waals surface area (Å²) in [5.41, 5.74) is 7.50. The summed E-state index contributed by atoms with van der Waals surface area (Å²) in [6.45, 7) is 2.80. The van der Waals surface area contributed by atoms with E-state index in [1.807, 2.05) is 6.07 Å². The van der Waals surface area contributed by atoms with Crippen molar-refractivity contribution in [3.63, 3.8) is 0 Å². The lowest BCUT2D eigenvalue weighted by atomic mass is 10.2. The molecule has 1 aliphatic heterocycles. The minimum atomic E-state index is -0.271. The van der Waals surface area contributed by atoms with E-state index in [4.69, 9.17) is 5.73 Å². The van der Waals surface area contributed by atoms with Crippen LogP contribution in [0, 0.1) is 0 Å². The van der Waals surface area contributed by atoms with Crippen LogP contribution in [0.5, 0.6) is 0 Å². The Labute approximate surface area is 100.0 Å². The predicted octanol–water partition coefficient (Wildman–Crippen LogP) is 0.552. The second kappa shape index (κ2) is 4.90. The van der Waals surface area contributed by atoms with E-state index in [2.05, 4.69) is 14.6 Å². The number of amides is 1. The minimum Gasteiger partial charge on any atom is -0.453 e. The van der Waals surface area contributed by atoms with E-state index in [0.29, 0.717) is 18.8 Å². The molecular weight excluding hydrogens is 220 g/mol. The molecule has 2 N–H and O–H groups in total. The van der Waals surface area contributed by atoms with E-state index >= 15 is 0 Å². The Hall–Kier alpha value is -1.98. The van der Waals surface area contributed by atoms with Gasteiger partial charge >= 0.3 is 6.09 Å². The third-order valence-electron chi connectivity index (χ3n) is 2.88. The van der Waals surface area contributed by atoms with Gasteiger partial charge in [0.05, 0.1) is 24.7 Å². The number of carbonyl (C=O) groups excluding carboxylic acids is 1. The standard InChI is InChI=1S/C11H16N4O2/c1-17-11(16)15-6-4-14(5-7-15)10-2-3-13-8-9(10)12/h2-3,8H,4-7,12H2,1H3.